The molecule has 0 aliphatic carbocycles. The van der Waals surface area contributed by atoms with Crippen molar-refractivity contribution in [1.29, 1.82) is 0 Å². The molecule has 9 heteroatoms. The number of methoxy groups -OCH3 is 1. The van der Waals surface area contributed by atoms with Crippen LogP contribution in [-0.4, -0.2) is 29.2 Å². The molecule has 1 unspecified atom stereocenters. The average molecular weight is 419 g/mol. The van der Waals surface area contributed by atoms with E-state index in [1.165, 1.54) is 14.0 Å². The molecule has 0 aliphatic rings. The van der Waals surface area contributed by atoms with E-state index in [4.69, 9.17) is 25.9 Å². The number of aromatic nitrogens is 2. The Balaban J connectivity index is 0.00000122. The number of carbonyl (C=O) groups excluding carboxylic acids is 2. The summed E-state index contributed by atoms with van der Waals surface area (Å²) in [6, 6.07) is 5.09. The minimum Gasteiger partial charge on any atom is -0.496 e. The van der Waals surface area contributed by atoms with Crippen molar-refractivity contribution >= 4 is 17.8 Å². The molecular weight excluding hydrogens is 397 g/mol. The van der Waals surface area contributed by atoms with Crippen molar-refractivity contribution < 1.29 is 27.5 Å². The highest BCUT2D eigenvalue weighted by atomic mass is 35.5. The first kappa shape index (κ1) is 23.7. The maximum Gasteiger partial charge on any atom is 0.391 e. The Hall–Kier alpha value is -2.31. The zero-order chi connectivity index (χ0) is 21.5. The number of benzene rings is 1. The van der Waals surface area contributed by atoms with Crippen molar-refractivity contribution in [2.45, 2.75) is 46.3 Å². The number of hydrogen-bond acceptors (Lipinski definition) is 4. The average Bonchev–Trinajstić information content (AvgIpc) is 2.97. The van der Waals surface area contributed by atoms with Gasteiger partial charge < -0.3 is 4.74 Å². The van der Waals surface area contributed by atoms with Crippen LogP contribution < -0.4 is 4.74 Å². The predicted molar refractivity (Wildman–Crippen MR) is 98.2 cm³/mol. The van der Waals surface area contributed by atoms with E-state index in [0.29, 0.717) is 29.3 Å². The second kappa shape index (κ2) is 10.3. The summed E-state index contributed by atoms with van der Waals surface area (Å²) >= 11 is 6.47. The summed E-state index contributed by atoms with van der Waals surface area (Å²) in [7, 11) is 1.50. The fraction of sp³-hybridized carbons (Fsp3) is 0.474. The van der Waals surface area contributed by atoms with E-state index >= 15 is 0 Å². The largest absolute Gasteiger partial charge is 0.496 e. The van der Waals surface area contributed by atoms with Crippen molar-refractivity contribution in [3.63, 3.8) is 0 Å². The molecule has 28 heavy (non-hydrogen) atoms. The lowest BCUT2D eigenvalue weighted by Crippen LogP contribution is -2.21. The summed E-state index contributed by atoms with van der Waals surface area (Å²) in [4.78, 5) is 16.2. The van der Waals surface area contributed by atoms with Gasteiger partial charge in [-0.3, -0.25) is 4.68 Å². The lowest BCUT2D eigenvalue weighted by Gasteiger charge is -2.17. The smallest absolute Gasteiger partial charge is 0.391 e. The van der Waals surface area contributed by atoms with Crippen molar-refractivity contribution in [2.24, 2.45) is 5.92 Å². The molecule has 0 N–H and O–H groups in total. The summed E-state index contributed by atoms with van der Waals surface area (Å²) < 4.78 is 45.6. The molecule has 2 aromatic rings. The number of halogens is 4. The van der Waals surface area contributed by atoms with Crippen molar-refractivity contribution in [3.05, 3.63) is 34.5 Å². The summed E-state index contributed by atoms with van der Waals surface area (Å²) in [6.07, 6.45) is -3.37. The normalized spacial score (nSPS) is 12.0. The van der Waals surface area contributed by atoms with Gasteiger partial charge >= 0.3 is 12.3 Å². The third kappa shape index (κ3) is 5.59. The lowest BCUT2D eigenvalue weighted by atomic mass is 9.98. The summed E-state index contributed by atoms with van der Waals surface area (Å²) in [5.74, 6) is -0.925. The Kier molecular flexibility index (Phi) is 8.72. The maximum absolute atomic E-state index is 12.8. The Morgan fingerprint density at radius 2 is 1.89 bits per heavy atom. The number of ether oxygens (including phenoxy) is 1. The van der Waals surface area contributed by atoms with Crippen LogP contribution in [0.1, 0.15) is 32.0 Å². The van der Waals surface area contributed by atoms with Crippen LogP contribution in [0.15, 0.2) is 18.2 Å². The fourth-order valence-corrected chi connectivity index (χ4v) is 3.10. The van der Waals surface area contributed by atoms with Crippen molar-refractivity contribution in [1.82, 2.24) is 9.78 Å². The number of aryl methyl sites for hydroxylation is 2. The van der Waals surface area contributed by atoms with Crippen molar-refractivity contribution in [3.8, 4) is 17.0 Å². The third-order valence-electron chi connectivity index (χ3n) is 4.22. The number of nitrogens with zero attached hydrogens (tertiary/aromatic N) is 2. The Bertz CT molecular complexity index is 829. The SMILES string of the molecule is CCc1nn(CC)c(-c2ccc(CC(C)C(F)(F)F)cc2OC)c1Cl.O=C=O. The molecule has 5 nitrogen and oxygen atoms in total. The van der Waals surface area contributed by atoms with Gasteiger partial charge in [-0.05, 0) is 37.5 Å². The van der Waals surface area contributed by atoms with Gasteiger partial charge in [0.25, 0.3) is 0 Å². The van der Waals surface area contributed by atoms with E-state index in [1.54, 1.807) is 22.9 Å². The fourth-order valence-electron chi connectivity index (χ4n) is 2.73. The van der Waals surface area contributed by atoms with Gasteiger partial charge in [-0.2, -0.15) is 27.9 Å². The molecule has 0 saturated carbocycles. The van der Waals surface area contributed by atoms with Gasteiger partial charge in [0.05, 0.1) is 29.4 Å². The molecule has 2 rings (SSSR count). The van der Waals surface area contributed by atoms with Crippen LogP contribution in [0.3, 0.4) is 0 Å². The van der Waals surface area contributed by atoms with E-state index in [0.717, 1.165) is 17.0 Å². The van der Waals surface area contributed by atoms with Crippen LogP contribution in [-0.2, 0) is 29.0 Å². The number of rotatable bonds is 6. The van der Waals surface area contributed by atoms with E-state index in [9.17, 15) is 13.2 Å². The second-order valence-corrected chi connectivity index (χ2v) is 6.42. The first-order chi connectivity index (χ1) is 13.1. The Morgan fingerprint density at radius 3 is 2.36 bits per heavy atom. The van der Waals surface area contributed by atoms with E-state index in [-0.39, 0.29) is 12.6 Å². The number of hydrogen-bond donors (Lipinski definition) is 0. The van der Waals surface area contributed by atoms with Crippen LogP contribution >= 0.6 is 11.6 Å². The molecule has 0 saturated heterocycles. The van der Waals surface area contributed by atoms with Crippen LogP contribution in [0.25, 0.3) is 11.3 Å². The Labute approximate surface area is 166 Å². The van der Waals surface area contributed by atoms with Crippen LogP contribution in [0.2, 0.25) is 5.02 Å². The summed E-state index contributed by atoms with van der Waals surface area (Å²) in [5.41, 5.74) is 2.81. The summed E-state index contributed by atoms with van der Waals surface area (Å²) in [6.45, 7) is 5.73. The molecule has 0 spiro atoms. The van der Waals surface area contributed by atoms with Crippen LogP contribution in [0, 0.1) is 5.92 Å². The molecule has 0 fully saturated rings. The molecule has 1 aromatic heterocycles. The second-order valence-electron chi connectivity index (χ2n) is 6.04. The molecule has 0 amide bonds. The zero-order valence-corrected chi connectivity index (χ0v) is 16.8. The Morgan fingerprint density at radius 1 is 1.29 bits per heavy atom. The quantitative estimate of drug-likeness (QED) is 0.665. The van der Waals surface area contributed by atoms with Crippen molar-refractivity contribution in [2.75, 3.05) is 7.11 Å². The molecule has 154 valence electrons. The highest BCUT2D eigenvalue weighted by Gasteiger charge is 2.35. The van der Waals surface area contributed by atoms with E-state index in [2.05, 4.69) is 5.10 Å². The number of alkyl halides is 3. The first-order valence-electron chi connectivity index (χ1n) is 8.62. The predicted octanol–water partition coefficient (Wildman–Crippen LogP) is 4.95. The van der Waals surface area contributed by atoms with Crippen LogP contribution in [0.4, 0.5) is 13.2 Å². The lowest BCUT2D eigenvalue weighted by molar-refractivity contribution is -0.191. The zero-order valence-electron chi connectivity index (χ0n) is 16.1. The third-order valence-corrected chi connectivity index (χ3v) is 4.61. The van der Waals surface area contributed by atoms with Gasteiger partial charge in [-0.15, -0.1) is 0 Å². The molecule has 1 heterocycles. The topological polar surface area (TPSA) is 61.2 Å². The van der Waals surface area contributed by atoms with Gasteiger partial charge in [0.1, 0.15) is 5.75 Å². The maximum atomic E-state index is 12.8. The highest BCUT2D eigenvalue weighted by molar-refractivity contribution is 6.33. The minimum atomic E-state index is -4.22. The molecule has 0 bridgehead atoms. The monoisotopic (exact) mass is 418 g/mol. The molecule has 0 radical (unpaired) electrons. The highest BCUT2D eigenvalue weighted by Crippen LogP contribution is 2.38. The first-order valence-corrected chi connectivity index (χ1v) is 9.00. The molecule has 1 aromatic carbocycles. The summed E-state index contributed by atoms with van der Waals surface area (Å²) in [5, 5.41) is 5.04. The molecular formula is C19H22ClF3N2O3. The molecule has 1 atom stereocenters. The van der Waals surface area contributed by atoms with E-state index in [1.807, 2.05) is 13.8 Å². The van der Waals surface area contributed by atoms with Gasteiger partial charge in [-0.1, -0.05) is 31.5 Å². The minimum absolute atomic E-state index is 0.0961. The van der Waals surface area contributed by atoms with Gasteiger partial charge in [-0.25, -0.2) is 0 Å². The molecule has 0 aliphatic heterocycles. The van der Waals surface area contributed by atoms with Gasteiger partial charge in [0.2, 0.25) is 0 Å². The van der Waals surface area contributed by atoms with Gasteiger partial charge in [0, 0.05) is 12.1 Å². The van der Waals surface area contributed by atoms with Crippen LogP contribution in [0.5, 0.6) is 5.75 Å². The van der Waals surface area contributed by atoms with Gasteiger partial charge in [0.15, 0.2) is 0 Å². The van der Waals surface area contributed by atoms with E-state index < -0.39 is 12.1 Å². The standard InChI is InChI=1S/C18H22ClF3N2O.CO2/c1-5-14-16(19)17(24(6-2)23-14)13-8-7-12(10-15(13)25-4)9-11(3)18(20,21)22;2-1-3/h7-8,10-11H,5-6,9H2,1-4H3;.